The summed E-state index contributed by atoms with van der Waals surface area (Å²) in [6.45, 7) is 2.56. The molecule has 4 heteroatoms. The molecule has 0 N–H and O–H groups in total. The van der Waals surface area contributed by atoms with Crippen LogP contribution in [0.5, 0.6) is 0 Å². The predicted molar refractivity (Wildman–Crippen MR) is 228 cm³/mol. The van der Waals surface area contributed by atoms with E-state index in [4.69, 9.17) is 0 Å². The van der Waals surface area contributed by atoms with Crippen molar-refractivity contribution in [1.82, 2.24) is 0 Å². The second-order valence-electron chi connectivity index (χ2n) is 12.4. The van der Waals surface area contributed by atoms with Gasteiger partial charge in [0.25, 0.3) is 0 Å². The highest BCUT2D eigenvalue weighted by molar-refractivity contribution is 8.20. The van der Waals surface area contributed by atoms with Gasteiger partial charge < -0.3 is 0 Å². The van der Waals surface area contributed by atoms with E-state index in [-0.39, 0.29) is 0 Å². The van der Waals surface area contributed by atoms with Gasteiger partial charge in [0, 0.05) is 7.87 Å². The maximum atomic E-state index is 2.56. The Kier molecular flexibility index (Phi) is 9.48. The van der Waals surface area contributed by atoms with Gasteiger partial charge in [-0.25, -0.2) is 0 Å². The number of aryl methyl sites for hydroxylation is 1. The topological polar surface area (TPSA) is 0 Å². The van der Waals surface area contributed by atoms with Crippen LogP contribution in [0.25, 0.3) is 11.1 Å². The summed E-state index contributed by atoms with van der Waals surface area (Å²) >= 11 is 0. The van der Waals surface area contributed by atoms with Crippen molar-refractivity contribution >= 4 is 71.5 Å². The van der Waals surface area contributed by atoms with Crippen LogP contribution >= 0.6 is 29.6 Å². The first kappa shape index (κ1) is 32.8. The van der Waals surface area contributed by atoms with Crippen molar-refractivity contribution in [3.63, 3.8) is 0 Å². The fraction of sp³-hybridized carbons (Fsp3) is 0.0217. The summed E-state index contributed by atoms with van der Waals surface area (Å²) in [6, 6.07) is 79.9. The minimum absolute atomic E-state index is 0.633. The molecule has 0 nitrogen and oxygen atoms in total. The Labute approximate surface area is 300 Å². The highest BCUT2D eigenvalue weighted by atomic mass is 31.9. The Hall–Kier alpha value is -4.39. The molecular weight excluding hydrogens is 676 g/mol. The van der Waals surface area contributed by atoms with Crippen molar-refractivity contribution in [2.75, 3.05) is 0 Å². The van der Waals surface area contributed by atoms with Gasteiger partial charge in [-0.15, -0.1) is 0 Å². The van der Waals surface area contributed by atoms with Gasteiger partial charge in [-0.05, 0) is 92.2 Å². The molecule has 240 valence electrons. The van der Waals surface area contributed by atoms with Gasteiger partial charge in [0.15, 0.2) is 5.04 Å². The van der Waals surface area contributed by atoms with Crippen molar-refractivity contribution in [1.29, 1.82) is 0 Å². The summed E-state index contributed by atoms with van der Waals surface area (Å²) in [4.78, 5) is 0. The lowest BCUT2D eigenvalue weighted by Crippen LogP contribution is -2.41. The zero-order chi connectivity index (χ0) is 33.8. The number of benzene rings is 7. The van der Waals surface area contributed by atoms with E-state index in [0.29, 0.717) is 0 Å². The van der Waals surface area contributed by atoms with Gasteiger partial charge in [0.1, 0.15) is 51.4 Å². The van der Waals surface area contributed by atoms with Crippen LogP contribution in [0.1, 0.15) is 0 Å². The fourth-order valence-corrected chi connectivity index (χ4v) is 27.4. The third kappa shape index (κ3) is 5.53. The van der Waals surface area contributed by atoms with Crippen LogP contribution < -0.4 is 41.9 Å². The van der Waals surface area contributed by atoms with Crippen LogP contribution in [0.4, 0.5) is 0 Å². The molecule has 0 saturated carbocycles. The lowest BCUT2D eigenvalue weighted by Gasteiger charge is -2.30. The van der Waals surface area contributed by atoms with Crippen molar-refractivity contribution < 1.29 is 0 Å². The Bertz CT molecular complexity index is 2100. The lowest BCUT2D eigenvalue weighted by molar-refractivity contribution is 1.69. The molecule has 0 radical (unpaired) electrons. The molecule has 0 spiro atoms. The Balaban J connectivity index is 1.62. The molecule has 0 aliphatic rings. The van der Waals surface area contributed by atoms with E-state index in [9.17, 15) is 0 Å². The summed E-state index contributed by atoms with van der Waals surface area (Å²) in [5.74, 6) is 0. The van der Waals surface area contributed by atoms with E-state index >= 15 is 0 Å². The smallest absolute Gasteiger partial charge is 0.0622 e. The second kappa shape index (κ2) is 14.5. The molecule has 0 fully saturated rings. The van der Waals surface area contributed by atoms with Gasteiger partial charge in [-0.3, -0.25) is 0 Å². The molecule has 0 amide bonds. The molecule has 8 aromatic rings. The largest absolute Gasteiger partial charge is 0.151 e. The van der Waals surface area contributed by atoms with Crippen LogP contribution in [0, 0.1) is 0 Å². The van der Waals surface area contributed by atoms with E-state index in [2.05, 4.69) is 219 Å². The molecule has 0 aliphatic heterocycles. The van der Waals surface area contributed by atoms with Crippen LogP contribution in [-0.4, -0.2) is 0 Å². The summed E-state index contributed by atoms with van der Waals surface area (Å²) in [5.41, 5.74) is 2.78. The standard InChI is InChI=1S/C46H38P4/c1-48-46(50(41-31-17-6-18-32-41,42-33-19-7-20-34-42)43-35-21-8-22-36-43)44(37-23-9-2-10-24-37)45(47-48)49(38-25-11-3-12-26-38,39-27-13-4-14-28-39)40-29-15-5-16-30-40/h2-36H,1H3/q+2. The Morgan fingerprint density at radius 3 is 0.900 bits per heavy atom. The molecule has 50 heavy (non-hydrogen) atoms. The average Bonchev–Trinajstić information content (AvgIpc) is 3.55. The van der Waals surface area contributed by atoms with Crippen LogP contribution in [0.15, 0.2) is 212 Å². The summed E-state index contributed by atoms with van der Waals surface area (Å²) in [6.07, 6.45) is 0. The van der Waals surface area contributed by atoms with Crippen molar-refractivity contribution in [3.05, 3.63) is 212 Å². The highest BCUT2D eigenvalue weighted by Gasteiger charge is 2.57. The molecule has 0 saturated heterocycles. The average molecular weight is 715 g/mol. The van der Waals surface area contributed by atoms with Gasteiger partial charge >= 0.3 is 0 Å². The maximum absolute atomic E-state index is 2.56. The monoisotopic (exact) mass is 714 g/mol. The summed E-state index contributed by atoms with van der Waals surface area (Å²) in [5, 5.41) is 11.6. The van der Waals surface area contributed by atoms with E-state index in [0.717, 1.165) is 0 Å². The van der Waals surface area contributed by atoms with E-state index in [1.807, 2.05) is 0 Å². The number of rotatable bonds is 9. The van der Waals surface area contributed by atoms with Crippen LogP contribution in [0.3, 0.4) is 0 Å². The number of hydrogen-bond donors (Lipinski definition) is 0. The van der Waals surface area contributed by atoms with E-state index < -0.39 is 21.7 Å². The maximum Gasteiger partial charge on any atom is 0.151 e. The first-order valence-corrected chi connectivity index (χ1v) is 24.0. The van der Waals surface area contributed by atoms with Crippen LogP contribution in [0.2, 0.25) is 0 Å². The van der Waals surface area contributed by atoms with Crippen molar-refractivity contribution in [2.45, 2.75) is 0 Å². The molecule has 7 aromatic carbocycles. The molecule has 1 unspecified atom stereocenters. The second-order valence-corrected chi connectivity index (χ2v) is 24.3. The molecular formula is C46H38P4+2. The SMILES string of the molecule is Cp1pc([P+](c2ccccc2)(c2ccccc2)c2ccccc2)c(-c2ccccc2)c1[P+](c1ccccc1)(c1ccccc1)c1ccccc1. The summed E-state index contributed by atoms with van der Waals surface area (Å²) in [7, 11) is -3.93. The first-order valence-electron chi connectivity index (χ1n) is 17.0. The lowest BCUT2D eigenvalue weighted by atomic mass is 10.1. The Morgan fingerprint density at radius 2 is 0.600 bits per heavy atom. The zero-order valence-corrected chi connectivity index (χ0v) is 31.6. The minimum atomic E-state index is -2.36. The first-order chi connectivity index (χ1) is 24.8. The molecule has 1 heterocycles. The molecule has 1 atom stereocenters. The van der Waals surface area contributed by atoms with E-state index in [1.165, 1.54) is 50.8 Å². The van der Waals surface area contributed by atoms with Crippen molar-refractivity contribution in [3.8, 4) is 11.1 Å². The number of hydrogen-bond acceptors (Lipinski definition) is 0. The third-order valence-corrected chi connectivity index (χ3v) is 25.3. The van der Waals surface area contributed by atoms with Gasteiger partial charge in [-0.1, -0.05) is 140 Å². The highest BCUT2D eigenvalue weighted by Crippen LogP contribution is 2.67. The van der Waals surface area contributed by atoms with Crippen molar-refractivity contribution in [2.24, 2.45) is 6.66 Å². The molecule has 0 aliphatic carbocycles. The Morgan fingerprint density at radius 1 is 0.340 bits per heavy atom. The van der Waals surface area contributed by atoms with E-state index in [1.54, 1.807) is 10.1 Å². The third-order valence-electron chi connectivity index (χ3n) is 9.56. The predicted octanol–water partition coefficient (Wildman–Crippen LogP) is 9.70. The molecule has 1 aromatic heterocycles. The molecule has 8 rings (SSSR count). The fourth-order valence-electron chi connectivity index (χ4n) is 7.52. The normalized spacial score (nSPS) is 12.2. The summed E-state index contributed by atoms with van der Waals surface area (Å²) < 4.78 is 0. The molecule has 0 bridgehead atoms. The zero-order valence-electron chi connectivity index (χ0n) is 28.0. The van der Waals surface area contributed by atoms with Gasteiger partial charge in [0.05, 0.1) is 5.56 Å². The van der Waals surface area contributed by atoms with Gasteiger partial charge in [0.2, 0.25) is 0 Å². The quantitative estimate of drug-likeness (QED) is 0.131. The van der Waals surface area contributed by atoms with Crippen LogP contribution in [-0.2, 0) is 6.66 Å². The van der Waals surface area contributed by atoms with Gasteiger partial charge in [-0.2, -0.15) is 0 Å². The minimum Gasteiger partial charge on any atom is -0.0622 e.